The lowest BCUT2D eigenvalue weighted by atomic mass is 10.1. The molecule has 154 valence electrons. The number of hydrogen-bond acceptors (Lipinski definition) is 4. The molecule has 0 radical (unpaired) electrons. The number of H-pyrrole nitrogens is 1. The molecule has 2 aromatic heterocycles. The second-order valence-corrected chi connectivity index (χ2v) is 7.68. The maximum Gasteiger partial charge on any atom is 0.433 e. The van der Waals surface area contributed by atoms with Crippen LogP contribution in [0.15, 0.2) is 64.4 Å². The van der Waals surface area contributed by atoms with Crippen LogP contribution in [0, 0.1) is 0 Å². The molecule has 0 atom stereocenters. The predicted octanol–water partition coefficient (Wildman–Crippen LogP) is 4.85. The number of aromatic amines is 1. The molecule has 0 aliphatic carbocycles. The molecule has 0 aliphatic heterocycles. The zero-order chi connectivity index (χ0) is 21.3. The van der Waals surface area contributed by atoms with Gasteiger partial charge in [-0.2, -0.15) is 17.9 Å². The van der Waals surface area contributed by atoms with Crippen LogP contribution in [0.3, 0.4) is 0 Å². The first-order valence-corrected chi connectivity index (χ1v) is 10.00. The van der Waals surface area contributed by atoms with Gasteiger partial charge in [0, 0.05) is 12.3 Å². The lowest BCUT2D eigenvalue weighted by Crippen LogP contribution is -2.21. The second-order valence-electron chi connectivity index (χ2n) is 6.67. The van der Waals surface area contributed by atoms with Crippen LogP contribution in [0.2, 0.25) is 0 Å². The van der Waals surface area contributed by atoms with E-state index in [4.69, 9.17) is 0 Å². The number of thiazole rings is 1. The summed E-state index contributed by atoms with van der Waals surface area (Å²) in [5.74, 6) is 0. The fourth-order valence-corrected chi connectivity index (χ4v) is 4.07. The van der Waals surface area contributed by atoms with E-state index in [9.17, 15) is 18.0 Å². The van der Waals surface area contributed by atoms with Crippen LogP contribution >= 0.6 is 11.3 Å². The number of alkyl halides is 3. The highest BCUT2D eigenvalue weighted by Crippen LogP contribution is 2.31. The average Bonchev–Trinajstić information content (AvgIpc) is 3.29. The van der Waals surface area contributed by atoms with Gasteiger partial charge in [0.2, 0.25) is 5.13 Å². The molecule has 2 heterocycles. The highest BCUT2D eigenvalue weighted by molar-refractivity contribution is 7.20. The van der Waals surface area contributed by atoms with Crippen LogP contribution in [0.5, 0.6) is 0 Å². The molecule has 0 saturated carbocycles. The summed E-state index contributed by atoms with van der Waals surface area (Å²) in [6, 6.07) is 16.6. The number of para-hydroxylation sites is 1. The minimum atomic E-state index is -4.73. The molecule has 4 aromatic rings. The standard InChI is InChI=1S/C21H17F3N4OS/c1-13(25-12-11-14-7-3-2-4-8-14)17-18(21(22,23)24)27-28(19(17)29)20-26-15-9-5-6-10-16(15)30-20/h2-10,27H,11-12H2,1H3/b25-13+. The molecule has 0 fully saturated rings. The first-order valence-electron chi connectivity index (χ1n) is 9.18. The Bertz CT molecular complexity index is 1240. The number of aliphatic imine (C=N–C) groups is 1. The summed E-state index contributed by atoms with van der Waals surface area (Å²) in [5, 5.41) is 2.35. The molecule has 0 unspecified atom stereocenters. The summed E-state index contributed by atoms with van der Waals surface area (Å²) in [6.07, 6.45) is -4.16. The van der Waals surface area contributed by atoms with Gasteiger partial charge in [0.05, 0.1) is 15.8 Å². The van der Waals surface area contributed by atoms with Crippen molar-refractivity contribution in [2.24, 2.45) is 4.99 Å². The Morgan fingerprint density at radius 2 is 1.83 bits per heavy atom. The highest BCUT2D eigenvalue weighted by atomic mass is 32.1. The number of fused-ring (bicyclic) bond motifs is 1. The number of hydrogen-bond donors (Lipinski definition) is 1. The molecule has 0 saturated heterocycles. The van der Waals surface area contributed by atoms with E-state index < -0.39 is 23.0 Å². The molecule has 0 aliphatic rings. The zero-order valence-electron chi connectivity index (χ0n) is 15.9. The highest BCUT2D eigenvalue weighted by Gasteiger charge is 2.39. The van der Waals surface area contributed by atoms with E-state index in [0.717, 1.165) is 26.3 Å². The van der Waals surface area contributed by atoms with Crippen molar-refractivity contribution in [2.75, 3.05) is 6.54 Å². The molecule has 30 heavy (non-hydrogen) atoms. The predicted molar refractivity (Wildman–Crippen MR) is 112 cm³/mol. The van der Waals surface area contributed by atoms with E-state index in [1.807, 2.05) is 30.3 Å². The summed E-state index contributed by atoms with van der Waals surface area (Å²) in [4.78, 5) is 21.4. The number of aromatic nitrogens is 3. The Kier molecular flexibility index (Phi) is 5.29. The Balaban J connectivity index is 1.73. The average molecular weight is 430 g/mol. The van der Waals surface area contributed by atoms with Gasteiger partial charge in [0.25, 0.3) is 5.56 Å². The van der Waals surface area contributed by atoms with Crippen LogP contribution in [-0.2, 0) is 12.6 Å². The lowest BCUT2D eigenvalue weighted by molar-refractivity contribution is -0.141. The third kappa shape index (κ3) is 3.93. The van der Waals surface area contributed by atoms with E-state index in [1.54, 1.807) is 24.3 Å². The third-order valence-electron chi connectivity index (χ3n) is 4.60. The van der Waals surface area contributed by atoms with Gasteiger partial charge in [0.1, 0.15) is 0 Å². The van der Waals surface area contributed by atoms with Gasteiger partial charge in [-0.25, -0.2) is 4.98 Å². The van der Waals surface area contributed by atoms with Crippen molar-refractivity contribution in [1.29, 1.82) is 0 Å². The van der Waals surface area contributed by atoms with E-state index in [2.05, 4.69) is 15.1 Å². The monoisotopic (exact) mass is 430 g/mol. The molecule has 5 nitrogen and oxygen atoms in total. The van der Waals surface area contributed by atoms with Crippen LogP contribution in [0.1, 0.15) is 23.7 Å². The summed E-state index contributed by atoms with van der Waals surface area (Å²) >= 11 is 1.14. The van der Waals surface area contributed by atoms with Gasteiger partial charge in [-0.1, -0.05) is 53.8 Å². The molecule has 0 amide bonds. The van der Waals surface area contributed by atoms with Gasteiger partial charge in [0.15, 0.2) is 5.69 Å². The topological polar surface area (TPSA) is 63.0 Å². The molecule has 1 N–H and O–H groups in total. The summed E-state index contributed by atoms with van der Waals surface area (Å²) in [7, 11) is 0. The van der Waals surface area contributed by atoms with Crippen molar-refractivity contribution in [3.05, 3.63) is 81.8 Å². The number of nitrogens with one attached hydrogen (secondary N) is 1. The maximum atomic E-state index is 13.7. The quantitative estimate of drug-likeness (QED) is 0.460. The number of rotatable bonds is 5. The normalized spacial score (nSPS) is 12.6. The van der Waals surface area contributed by atoms with E-state index in [1.165, 1.54) is 6.92 Å². The van der Waals surface area contributed by atoms with Gasteiger partial charge in [-0.05, 0) is 31.0 Å². The Morgan fingerprint density at radius 1 is 1.13 bits per heavy atom. The molecule has 0 bridgehead atoms. The largest absolute Gasteiger partial charge is 0.433 e. The van der Waals surface area contributed by atoms with Crippen LogP contribution in [-0.4, -0.2) is 27.0 Å². The van der Waals surface area contributed by atoms with Crippen LogP contribution < -0.4 is 5.56 Å². The van der Waals surface area contributed by atoms with E-state index in [0.29, 0.717) is 11.9 Å². The molecule has 0 spiro atoms. The fourth-order valence-electron chi connectivity index (χ4n) is 3.14. The SMILES string of the molecule is C/C(=N\CCc1ccccc1)c1c(C(F)(F)F)[nH]n(-c2nc3ccccc3s2)c1=O. The Hall–Kier alpha value is -3.20. The molecule has 2 aromatic carbocycles. The Labute approximate surface area is 173 Å². The molecule has 9 heteroatoms. The van der Waals surface area contributed by atoms with E-state index in [-0.39, 0.29) is 17.4 Å². The third-order valence-corrected chi connectivity index (χ3v) is 5.62. The van der Waals surface area contributed by atoms with Crippen LogP contribution in [0.25, 0.3) is 15.3 Å². The van der Waals surface area contributed by atoms with Gasteiger partial charge < -0.3 is 0 Å². The fraction of sp³-hybridized carbons (Fsp3) is 0.190. The summed E-state index contributed by atoms with van der Waals surface area (Å²) in [5.41, 5.74) is -0.738. The minimum absolute atomic E-state index is 0.0411. The van der Waals surface area contributed by atoms with Crippen molar-refractivity contribution in [3.63, 3.8) is 0 Å². The molecule has 4 rings (SSSR count). The molecular formula is C21H17F3N4OS. The number of halogens is 3. The van der Waals surface area contributed by atoms with Crippen molar-refractivity contribution >= 4 is 27.3 Å². The summed E-state index contributed by atoms with van der Waals surface area (Å²) < 4.78 is 42.6. The number of nitrogens with zero attached hydrogens (tertiary/aromatic N) is 3. The zero-order valence-corrected chi connectivity index (χ0v) is 16.7. The van der Waals surface area contributed by atoms with Gasteiger partial charge >= 0.3 is 6.18 Å². The van der Waals surface area contributed by atoms with Crippen molar-refractivity contribution in [1.82, 2.24) is 14.8 Å². The first-order chi connectivity index (χ1) is 14.3. The second kappa shape index (κ2) is 7.91. The minimum Gasteiger partial charge on any atom is -0.289 e. The maximum absolute atomic E-state index is 13.7. The molecular weight excluding hydrogens is 413 g/mol. The van der Waals surface area contributed by atoms with Gasteiger partial charge in [-0.15, -0.1) is 0 Å². The van der Waals surface area contributed by atoms with Crippen molar-refractivity contribution < 1.29 is 13.2 Å². The van der Waals surface area contributed by atoms with Crippen molar-refractivity contribution in [3.8, 4) is 5.13 Å². The Morgan fingerprint density at radius 3 is 2.53 bits per heavy atom. The summed E-state index contributed by atoms with van der Waals surface area (Å²) in [6.45, 7) is 1.70. The lowest BCUT2D eigenvalue weighted by Gasteiger charge is -2.06. The van der Waals surface area contributed by atoms with Crippen LogP contribution in [0.4, 0.5) is 13.2 Å². The number of benzene rings is 2. The van der Waals surface area contributed by atoms with Crippen molar-refractivity contribution in [2.45, 2.75) is 19.5 Å². The first kappa shape index (κ1) is 20.1. The van der Waals surface area contributed by atoms with E-state index >= 15 is 0 Å². The van der Waals surface area contributed by atoms with Gasteiger partial charge in [-0.3, -0.25) is 14.9 Å². The smallest absolute Gasteiger partial charge is 0.289 e.